The lowest BCUT2D eigenvalue weighted by atomic mass is 9.94. The van der Waals surface area contributed by atoms with Crippen molar-refractivity contribution in [3.8, 4) is 11.6 Å². The minimum atomic E-state index is -5.03. The predicted molar refractivity (Wildman–Crippen MR) is 134 cm³/mol. The summed E-state index contributed by atoms with van der Waals surface area (Å²) in [6.07, 6.45) is -3.55. The van der Waals surface area contributed by atoms with Gasteiger partial charge in [-0.15, -0.1) is 12.4 Å². The summed E-state index contributed by atoms with van der Waals surface area (Å²) in [4.78, 5) is 28.9. The molecule has 1 aliphatic heterocycles. The normalized spacial score (nSPS) is 13.6. The number of carbonyl (C=O) groups excluding carboxylic acids is 2. The molecule has 0 saturated heterocycles. The van der Waals surface area contributed by atoms with E-state index in [0.717, 1.165) is 5.56 Å². The number of esters is 1. The summed E-state index contributed by atoms with van der Waals surface area (Å²) in [6.45, 7) is 3.05. The number of halogens is 6. The first kappa shape index (κ1) is 30.5. The highest BCUT2D eigenvalue weighted by Crippen LogP contribution is 2.34. The second-order valence-electron chi connectivity index (χ2n) is 7.79. The van der Waals surface area contributed by atoms with Gasteiger partial charge in [0.15, 0.2) is 5.75 Å². The molecule has 202 valence electrons. The molecule has 1 aromatic carbocycles. The van der Waals surface area contributed by atoms with Crippen LogP contribution in [0.3, 0.4) is 0 Å². The second kappa shape index (κ2) is 13.2. The van der Waals surface area contributed by atoms with Gasteiger partial charge in [-0.1, -0.05) is 23.2 Å². The van der Waals surface area contributed by atoms with Crippen LogP contribution in [-0.2, 0) is 14.3 Å². The Hall–Kier alpha value is -2.69. The Kier molecular flexibility index (Phi) is 10.9. The molecule has 3 rings (SSSR count). The van der Waals surface area contributed by atoms with Crippen LogP contribution in [0.1, 0.15) is 24.5 Å². The Morgan fingerprint density at radius 3 is 2.32 bits per heavy atom. The van der Waals surface area contributed by atoms with E-state index in [1.165, 1.54) is 6.20 Å². The average Bonchev–Trinajstić information content (AvgIpc) is 2.82. The third-order valence-corrected chi connectivity index (χ3v) is 5.77. The van der Waals surface area contributed by atoms with Gasteiger partial charge in [-0.2, -0.15) is 13.2 Å². The zero-order valence-corrected chi connectivity index (χ0v) is 22.2. The molecule has 0 fully saturated rings. The maximum Gasteiger partial charge on any atom is 0.471 e. The van der Waals surface area contributed by atoms with Crippen LogP contribution in [0.2, 0.25) is 10.0 Å². The maximum absolute atomic E-state index is 12.9. The van der Waals surface area contributed by atoms with Gasteiger partial charge in [0, 0.05) is 18.8 Å². The van der Waals surface area contributed by atoms with E-state index >= 15 is 0 Å². The van der Waals surface area contributed by atoms with Crippen LogP contribution in [0.4, 0.5) is 13.2 Å². The van der Waals surface area contributed by atoms with E-state index < -0.39 is 24.6 Å². The molecule has 0 saturated carbocycles. The third kappa shape index (κ3) is 7.90. The molecule has 1 aliphatic rings. The highest BCUT2D eigenvalue weighted by Gasteiger charge is 2.44. The molecule has 0 aliphatic carbocycles. The highest BCUT2D eigenvalue weighted by atomic mass is 35.5. The summed E-state index contributed by atoms with van der Waals surface area (Å²) < 4.78 is 54.8. The first-order valence-electron chi connectivity index (χ1n) is 10.9. The monoisotopic (exact) mass is 582 g/mol. The van der Waals surface area contributed by atoms with Gasteiger partial charge in [-0.3, -0.25) is 4.79 Å². The molecule has 13 heteroatoms. The van der Waals surface area contributed by atoms with Gasteiger partial charge >= 0.3 is 18.1 Å². The van der Waals surface area contributed by atoms with E-state index in [2.05, 4.69) is 4.98 Å². The minimum absolute atomic E-state index is 0. The molecule has 0 radical (unpaired) electrons. The Labute approximate surface area is 227 Å². The van der Waals surface area contributed by atoms with Crippen LogP contribution in [0.15, 0.2) is 36.0 Å². The molecule has 0 spiro atoms. The number of amides is 1. The topological polar surface area (TPSA) is 78.0 Å². The molecule has 2 aromatic rings. The number of nitrogens with zero attached hydrogens (tertiary/aromatic N) is 2. The van der Waals surface area contributed by atoms with Crippen molar-refractivity contribution in [3.05, 3.63) is 57.2 Å². The molecular formula is C24H24Cl3F3N2O5. The zero-order valence-electron chi connectivity index (χ0n) is 19.9. The van der Waals surface area contributed by atoms with Crippen molar-refractivity contribution >= 4 is 53.1 Å². The second-order valence-corrected chi connectivity index (χ2v) is 8.61. The summed E-state index contributed by atoms with van der Waals surface area (Å²) >= 11 is 12.3. The number of hydrogen-bond acceptors (Lipinski definition) is 6. The number of pyridine rings is 1. The number of hydrogen-bond donors (Lipinski definition) is 0. The van der Waals surface area contributed by atoms with E-state index in [0.29, 0.717) is 31.8 Å². The molecule has 0 N–H and O–H groups in total. The van der Waals surface area contributed by atoms with Crippen molar-refractivity contribution in [1.82, 2.24) is 9.88 Å². The van der Waals surface area contributed by atoms with Gasteiger partial charge in [-0.05, 0) is 55.2 Å². The average molecular weight is 584 g/mol. The summed E-state index contributed by atoms with van der Waals surface area (Å²) in [7, 11) is 0. The van der Waals surface area contributed by atoms with Crippen LogP contribution in [0.25, 0.3) is 5.57 Å². The van der Waals surface area contributed by atoms with Crippen LogP contribution in [0, 0.1) is 6.92 Å². The fourth-order valence-electron chi connectivity index (χ4n) is 3.60. The van der Waals surface area contributed by atoms with E-state index in [9.17, 15) is 22.8 Å². The zero-order chi connectivity index (χ0) is 26.5. The number of rotatable bonds is 8. The number of aryl methyl sites for hydroxylation is 1. The number of ether oxygens (including phenoxy) is 3. The van der Waals surface area contributed by atoms with Crippen molar-refractivity contribution in [2.24, 2.45) is 0 Å². The molecule has 0 unspecified atom stereocenters. The number of aromatic nitrogens is 1. The first-order chi connectivity index (χ1) is 17.0. The molecule has 0 bridgehead atoms. The fraction of sp³-hybridized carbons (Fsp3) is 0.375. The number of benzene rings is 1. The first-order valence-corrected chi connectivity index (χ1v) is 11.7. The quantitative estimate of drug-likeness (QED) is 0.294. The van der Waals surface area contributed by atoms with Crippen LogP contribution < -0.4 is 9.47 Å². The largest absolute Gasteiger partial charge is 0.487 e. The Morgan fingerprint density at radius 1 is 1.11 bits per heavy atom. The fourth-order valence-corrected chi connectivity index (χ4v) is 4.30. The molecule has 1 aromatic heterocycles. The third-order valence-electron chi connectivity index (χ3n) is 5.20. The number of carbonyl (C=O) groups is 2. The smallest absolute Gasteiger partial charge is 0.471 e. The molecule has 37 heavy (non-hydrogen) atoms. The Bertz CT molecular complexity index is 1130. The minimum Gasteiger partial charge on any atom is -0.487 e. The molecule has 2 heterocycles. The molecular weight excluding hydrogens is 560 g/mol. The Morgan fingerprint density at radius 2 is 1.76 bits per heavy atom. The van der Waals surface area contributed by atoms with Gasteiger partial charge in [-0.25, -0.2) is 9.78 Å². The predicted octanol–water partition coefficient (Wildman–Crippen LogP) is 5.69. The molecule has 0 atom stereocenters. The number of alkyl halides is 3. The van der Waals surface area contributed by atoms with E-state index in [1.807, 2.05) is 6.92 Å². The lowest BCUT2D eigenvalue weighted by Crippen LogP contribution is -2.45. The van der Waals surface area contributed by atoms with Gasteiger partial charge in [0.05, 0.1) is 28.8 Å². The van der Waals surface area contributed by atoms with Crippen LogP contribution >= 0.6 is 35.6 Å². The van der Waals surface area contributed by atoms with Crippen molar-refractivity contribution in [3.63, 3.8) is 0 Å². The summed E-state index contributed by atoms with van der Waals surface area (Å²) in [5.74, 6) is -2.16. The molecule has 7 nitrogen and oxygen atoms in total. The molecule has 1 amide bonds. The van der Waals surface area contributed by atoms with Gasteiger partial charge < -0.3 is 19.1 Å². The highest BCUT2D eigenvalue weighted by molar-refractivity contribution is 6.37. The van der Waals surface area contributed by atoms with E-state index in [1.54, 1.807) is 31.2 Å². The van der Waals surface area contributed by atoms with Crippen LogP contribution in [-0.4, -0.2) is 60.8 Å². The summed E-state index contributed by atoms with van der Waals surface area (Å²) in [6, 6.07) is 6.65. The lowest BCUT2D eigenvalue weighted by Gasteiger charge is -2.30. The van der Waals surface area contributed by atoms with E-state index in [-0.39, 0.29) is 56.6 Å². The van der Waals surface area contributed by atoms with Crippen molar-refractivity contribution in [2.75, 3.05) is 32.9 Å². The van der Waals surface area contributed by atoms with Crippen molar-refractivity contribution < 1.29 is 37.0 Å². The van der Waals surface area contributed by atoms with Gasteiger partial charge in [0.25, 0.3) is 0 Å². The lowest BCUT2D eigenvalue weighted by molar-refractivity contribution is -0.185. The summed E-state index contributed by atoms with van der Waals surface area (Å²) in [5, 5.41) is 0.771. The maximum atomic E-state index is 12.9. The standard InChI is InChI=1S/C24H23Cl2F3N2O5.ClH/c1-3-34-22(32)17-13-31(23(33)24(27,28)29)7-6-16(17)15-4-5-20(30-12-15)35-8-9-36-21-18(25)10-14(2)11-19(21)26;/h4-5,10-12H,3,6-9,13H2,1-2H3;1H. The summed E-state index contributed by atoms with van der Waals surface area (Å²) in [5.41, 5.74) is 1.86. The van der Waals surface area contributed by atoms with Crippen LogP contribution in [0.5, 0.6) is 11.6 Å². The van der Waals surface area contributed by atoms with Crippen molar-refractivity contribution in [2.45, 2.75) is 26.4 Å². The van der Waals surface area contributed by atoms with E-state index in [4.69, 9.17) is 37.4 Å². The Balaban J connectivity index is 0.00000481. The van der Waals surface area contributed by atoms with Gasteiger partial charge in [0.2, 0.25) is 5.88 Å². The SMILES string of the molecule is CCOC(=O)C1=C(c2ccc(OCCOc3c(Cl)cc(C)cc3Cl)nc2)CCN(C(=O)C(F)(F)F)C1.Cl. The van der Waals surface area contributed by atoms with Gasteiger partial charge in [0.1, 0.15) is 13.2 Å². The van der Waals surface area contributed by atoms with Crippen molar-refractivity contribution in [1.29, 1.82) is 0 Å².